The summed E-state index contributed by atoms with van der Waals surface area (Å²) in [6.07, 6.45) is -0.729. The van der Waals surface area contributed by atoms with E-state index in [2.05, 4.69) is 15.1 Å². The van der Waals surface area contributed by atoms with Crippen LogP contribution in [0.4, 0.5) is 0 Å². The number of hydrogen-bond acceptors (Lipinski definition) is 6. The molecule has 26 heavy (non-hydrogen) atoms. The number of aryl methyl sites for hydroxylation is 2. The molecule has 0 aliphatic rings. The molecular weight excluding hydrogens is 372 g/mol. The molecule has 6 nitrogen and oxygen atoms in total. The molecule has 0 saturated carbocycles. The summed E-state index contributed by atoms with van der Waals surface area (Å²) < 4.78 is 7.46. The van der Waals surface area contributed by atoms with E-state index in [0.717, 1.165) is 17.0 Å². The van der Waals surface area contributed by atoms with E-state index in [1.807, 2.05) is 51.1 Å². The highest BCUT2D eigenvalue weighted by Crippen LogP contribution is 2.21. The predicted octanol–water partition coefficient (Wildman–Crippen LogP) is 3.63. The molecule has 0 amide bonds. The molecule has 0 fully saturated rings. The quantitative estimate of drug-likeness (QED) is 0.619. The van der Waals surface area contributed by atoms with Crippen molar-refractivity contribution < 1.29 is 9.84 Å². The van der Waals surface area contributed by atoms with Crippen molar-refractivity contribution in [3.05, 3.63) is 52.3 Å². The second kappa shape index (κ2) is 8.35. The lowest BCUT2D eigenvalue weighted by molar-refractivity contribution is 0.00621. The molecular formula is C18H21ClN4O2S. The minimum atomic E-state index is -0.614. The first kappa shape index (κ1) is 19.1. The van der Waals surface area contributed by atoms with Gasteiger partial charge in [-0.15, -0.1) is 5.10 Å². The van der Waals surface area contributed by atoms with Gasteiger partial charge in [0.15, 0.2) is 0 Å². The second-order valence-corrected chi connectivity index (χ2v) is 7.56. The fourth-order valence-electron chi connectivity index (χ4n) is 2.51. The summed E-state index contributed by atoms with van der Waals surface area (Å²) >= 11 is 7.28. The molecule has 3 rings (SSSR count). The first-order chi connectivity index (χ1) is 12.4. The van der Waals surface area contributed by atoms with Crippen LogP contribution in [0.3, 0.4) is 0 Å². The van der Waals surface area contributed by atoms with Crippen molar-refractivity contribution in [3.8, 4) is 0 Å². The number of halogens is 1. The van der Waals surface area contributed by atoms with Gasteiger partial charge in [0, 0.05) is 22.2 Å². The maximum absolute atomic E-state index is 10.2. The van der Waals surface area contributed by atoms with E-state index in [0.29, 0.717) is 21.7 Å². The van der Waals surface area contributed by atoms with Crippen molar-refractivity contribution in [1.82, 2.24) is 19.6 Å². The molecule has 3 aromatic rings. The molecule has 0 unspecified atom stereocenters. The summed E-state index contributed by atoms with van der Waals surface area (Å²) in [6.45, 7) is 6.08. The minimum Gasteiger partial charge on any atom is -0.390 e. The van der Waals surface area contributed by atoms with Crippen molar-refractivity contribution in [1.29, 1.82) is 0 Å². The molecule has 0 spiro atoms. The largest absolute Gasteiger partial charge is 0.390 e. The molecule has 0 bridgehead atoms. The molecule has 0 aliphatic heterocycles. The Labute approximate surface area is 161 Å². The van der Waals surface area contributed by atoms with Gasteiger partial charge in [-0.2, -0.15) is 4.98 Å². The van der Waals surface area contributed by atoms with Crippen molar-refractivity contribution in [2.45, 2.75) is 38.1 Å². The van der Waals surface area contributed by atoms with Crippen molar-refractivity contribution >= 4 is 29.1 Å². The average Bonchev–Trinajstić information content (AvgIpc) is 3.01. The summed E-state index contributed by atoms with van der Waals surface area (Å²) in [5.41, 5.74) is 2.91. The van der Waals surface area contributed by atoms with Crippen LogP contribution in [-0.4, -0.2) is 43.2 Å². The molecule has 0 aliphatic carbocycles. The number of aromatic nitrogens is 4. The first-order valence-corrected chi connectivity index (χ1v) is 9.67. The molecule has 1 aromatic carbocycles. The van der Waals surface area contributed by atoms with Gasteiger partial charge in [0.25, 0.3) is 5.78 Å². The average molecular weight is 393 g/mol. The lowest BCUT2D eigenvalue weighted by Crippen LogP contribution is -2.19. The lowest BCUT2D eigenvalue weighted by Gasteiger charge is -2.16. The number of aliphatic hydroxyl groups excluding tert-OH is 1. The van der Waals surface area contributed by atoms with E-state index in [4.69, 9.17) is 16.3 Å². The third kappa shape index (κ3) is 4.73. The topological polar surface area (TPSA) is 72.5 Å². The van der Waals surface area contributed by atoms with Crippen LogP contribution in [0.15, 0.2) is 35.5 Å². The molecule has 8 heteroatoms. The van der Waals surface area contributed by atoms with Crippen molar-refractivity contribution in [3.63, 3.8) is 0 Å². The van der Waals surface area contributed by atoms with Gasteiger partial charge in [0.2, 0.25) is 5.16 Å². The van der Waals surface area contributed by atoms with Crippen LogP contribution < -0.4 is 0 Å². The van der Waals surface area contributed by atoms with Gasteiger partial charge in [0.1, 0.15) is 0 Å². The van der Waals surface area contributed by atoms with Gasteiger partial charge < -0.3 is 9.84 Å². The summed E-state index contributed by atoms with van der Waals surface area (Å²) in [6, 6.07) is 9.46. The lowest BCUT2D eigenvalue weighted by atomic mass is 10.1. The number of thioether (sulfide) groups is 1. The number of hydrogen-bond donors (Lipinski definition) is 1. The normalized spacial score (nSPS) is 13.9. The Morgan fingerprint density at radius 1 is 1.23 bits per heavy atom. The van der Waals surface area contributed by atoms with Gasteiger partial charge in [-0.25, -0.2) is 9.50 Å². The van der Waals surface area contributed by atoms with Crippen molar-refractivity contribution in [2.24, 2.45) is 0 Å². The molecule has 0 saturated heterocycles. The molecule has 138 valence electrons. The van der Waals surface area contributed by atoms with Crippen LogP contribution in [-0.2, 0) is 4.74 Å². The number of rotatable bonds is 7. The zero-order valence-corrected chi connectivity index (χ0v) is 16.5. The molecule has 2 aromatic heterocycles. The predicted molar refractivity (Wildman–Crippen MR) is 103 cm³/mol. The number of nitrogens with zero attached hydrogens (tertiary/aromatic N) is 4. The van der Waals surface area contributed by atoms with Gasteiger partial charge in [-0.3, -0.25) is 0 Å². The Kier molecular flexibility index (Phi) is 6.13. The third-order valence-corrected chi connectivity index (χ3v) is 5.12. The molecule has 2 atom stereocenters. The fraction of sp³-hybridized carbons (Fsp3) is 0.389. The van der Waals surface area contributed by atoms with E-state index in [-0.39, 0.29) is 12.7 Å². The summed E-state index contributed by atoms with van der Waals surface area (Å²) in [7, 11) is 0. The Balaban J connectivity index is 1.51. The van der Waals surface area contributed by atoms with E-state index in [1.165, 1.54) is 11.8 Å². The number of ether oxygens (including phenoxy) is 1. The van der Waals surface area contributed by atoms with Gasteiger partial charge in [0.05, 0.1) is 18.8 Å². The number of aliphatic hydroxyl groups is 1. The monoisotopic (exact) mass is 392 g/mol. The van der Waals surface area contributed by atoms with Crippen LogP contribution in [0.5, 0.6) is 0 Å². The Morgan fingerprint density at radius 3 is 2.69 bits per heavy atom. The highest BCUT2D eigenvalue weighted by Gasteiger charge is 2.13. The first-order valence-electron chi connectivity index (χ1n) is 8.31. The minimum absolute atomic E-state index is 0.116. The fourth-order valence-corrected chi connectivity index (χ4v) is 3.36. The van der Waals surface area contributed by atoms with Crippen LogP contribution in [0.25, 0.3) is 5.78 Å². The Morgan fingerprint density at radius 2 is 1.96 bits per heavy atom. The van der Waals surface area contributed by atoms with Gasteiger partial charge in [-0.1, -0.05) is 35.5 Å². The van der Waals surface area contributed by atoms with Crippen molar-refractivity contribution in [2.75, 3.05) is 12.4 Å². The van der Waals surface area contributed by atoms with Crippen LogP contribution in [0.1, 0.15) is 30.0 Å². The summed E-state index contributed by atoms with van der Waals surface area (Å²) in [5.74, 6) is 1.02. The SMILES string of the molecule is Cc1cc(C)n2nc(SC[C@@H](O)CO[C@H](C)c3ccc(Cl)cc3)nc2n1. The standard InChI is InChI=1S/C18H21ClN4O2S/c1-11-8-12(2)23-17(20-11)21-18(22-23)26-10-16(24)9-25-13(3)14-4-6-15(19)7-5-14/h4-8,13,16,24H,9-10H2,1-3H3/t13-,16+/m1/s1. The molecule has 0 radical (unpaired) electrons. The van der Waals surface area contributed by atoms with Crippen LogP contribution in [0, 0.1) is 13.8 Å². The van der Waals surface area contributed by atoms with Gasteiger partial charge in [-0.05, 0) is 44.5 Å². The van der Waals surface area contributed by atoms with E-state index >= 15 is 0 Å². The van der Waals surface area contributed by atoms with Crippen LogP contribution in [0.2, 0.25) is 5.02 Å². The Bertz CT molecular complexity index is 885. The second-order valence-electron chi connectivity index (χ2n) is 6.14. The molecule has 1 N–H and O–H groups in total. The highest BCUT2D eigenvalue weighted by atomic mass is 35.5. The van der Waals surface area contributed by atoms with Gasteiger partial charge >= 0.3 is 0 Å². The third-order valence-electron chi connectivity index (χ3n) is 3.88. The maximum atomic E-state index is 10.2. The zero-order chi connectivity index (χ0) is 18.7. The smallest absolute Gasteiger partial charge is 0.253 e. The van der Waals surface area contributed by atoms with E-state index < -0.39 is 6.10 Å². The maximum Gasteiger partial charge on any atom is 0.253 e. The number of fused-ring (bicyclic) bond motifs is 1. The van der Waals surface area contributed by atoms with Crippen LogP contribution >= 0.6 is 23.4 Å². The number of benzene rings is 1. The highest BCUT2D eigenvalue weighted by molar-refractivity contribution is 7.99. The van der Waals surface area contributed by atoms with E-state index in [1.54, 1.807) is 4.52 Å². The summed E-state index contributed by atoms with van der Waals surface area (Å²) in [5, 5.41) is 15.9. The molecule has 2 heterocycles. The summed E-state index contributed by atoms with van der Waals surface area (Å²) in [4.78, 5) is 8.76. The zero-order valence-electron chi connectivity index (χ0n) is 14.9. The van der Waals surface area contributed by atoms with E-state index in [9.17, 15) is 5.11 Å². The Hall–Kier alpha value is -1.67.